The monoisotopic (exact) mass is 545 g/mol. The summed E-state index contributed by atoms with van der Waals surface area (Å²) in [4.78, 5) is 72.6. The van der Waals surface area contributed by atoms with Crippen molar-refractivity contribution in [3.05, 3.63) is 83.1 Å². The molecule has 4 aliphatic rings. The summed E-state index contributed by atoms with van der Waals surface area (Å²) in [5, 5.41) is 0. The molecule has 2 bridgehead atoms. The summed E-state index contributed by atoms with van der Waals surface area (Å²) in [6, 6.07) is 16.9. The molecule has 206 valence electrons. The van der Waals surface area contributed by atoms with Crippen molar-refractivity contribution in [1.82, 2.24) is 14.7 Å². The summed E-state index contributed by atoms with van der Waals surface area (Å²) < 4.78 is 16.8. The van der Waals surface area contributed by atoms with Crippen molar-refractivity contribution < 1.29 is 38.2 Å². The number of allylic oxidation sites excluding steroid dienone is 1. The molecular weight excluding hydrogens is 518 g/mol. The van der Waals surface area contributed by atoms with Gasteiger partial charge in [-0.15, -0.1) is 0 Å². The number of hydrogen-bond donors (Lipinski definition) is 0. The molecule has 0 radical (unpaired) electrons. The molecule has 4 heterocycles. The highest BCUT2D eigenvalue weighted by atomic mass is 16.6. The molecule has 2 aromatic rings. The van der Waals surface area contributed by atoms with Crippen LogP contribution in [0.1, 0.15) is 24.1 Å². The fourth-order valence-corrected chi connectivity index (χ4v) is 6.76. The molecular formula is C29H27N3O8. The van der Waals surface area contributed by atoms with Crippen LogP contribution in [0.4, 0.5) is 0 Å². The topological polar surface area (TPSA) is 123 Å². The normalized spacial score (nSPS) is 30.6. The summed E-state index contributed by atoms with van der Waals surface area (Å²) in [7, 11) is 3.65. The number of esters is 2. The molecule has 0 unspecified atom stereocenters. The highest BCUT2D eigenvalue weighted by molar-refractivity contribution is 6.19. The van der Waals surface area contributed by atoms with Crippen LogP contribution < -0.4 is 0 Å². The van der Waals surface area contributed by atoms with Crippen molar-refractivity contribution in [2.24, 2.45) is 11.8 Å². The fraction of sp³-hybridized carbons (Fsp3) is 0.345. The van der Waals surface area contributed by atoms with E-state index in [2.05, 4.69) is 0 Å². The third-order valence-electron chi connectivity index (χ3n) is 8.47. The molecule has 40 heavy (non-hydrogen) atoms. The number of methoxy groups -OCH3 is 2. The number of rotatable bonds is 5. The second-order valence-electron chi connectivity index (χ2n) is 10.2. The average molecular weight is 546 g/mol. The zero-order valence-electron chi connectivity index (χ0n) is 22.3. The molecule has 3 saturated heterocycles. The van der Waals surface area contributed by atoms with Crippen LogP contribution in [-0.2, 0) is 44.7 Å². The van der Waals surface area contributed by atoms with E-state index in [1.807, 2.05) is 30.3 Å². The van der Waals surface area contributed by atoms with E-state index < -0.39 is 59.0 Å². The largest absolute Gasteiger partial charge is 0.466 e. The number of fused-ring (bicyclic) bond motifs is 3. The van der Waals surface area contributed by atoms with Crippen LogP contribution >= 0.6 is 0 Å². The SMILES string of the molecule is COC(=O)C1=C(C)N(Cc2ccccc2)[C@]23O[C@](C(=O)OC)(C(=O)N2[C@@H]1c1ccccc1)[C@H]1C(=O)N(C)C(=O)[C@H]13. The van der Waals surface area contributed by atoms with Crippen molar-refractivity contribution in [2.75, 3.05) is 21.3 Å². The van der Waals surface area contributed by atoms with Gasteiger partial charge in [0.05, 0.1) is 25.8 Å². The summed E-state index contributed by atoms with van der Waals surface area (Å²) in [5.74, 6) is -8.58. The lowest BCUT2D eigenvalue weighted by molar-refractivity contribution is -0.228. The fourth-order valence-electron chi connectivity index (χ4n) is 6.76. The number of imide groups is 1. The third-order valence-corrected chi connectivity index (χ3v) is 8.47. The molecule has 3 amide bonds. The molecule has 4 aliphatic heterocycles. The predicted octanol–water partition coefficient (Wildman–Crippen LogP) is 1.36. The van der Waals surface area contributed by atoms with Gasteiger partial charge in [0.25, 0.3) is 11.5 Å². The number of nitrogens with zero attached hydrogens (tertiary/aromatic N) is 3. The number of hydrogen-bond acceptors (Lipinski definition) is 9. The van der Waals surface area contributed by atoms with Gasteiger partial charge in [-0.1, -0.05) is 60.7 Å². The molecule has 0 saturated carbocycles. The van der Waals surface area contributed by atoms with Gasteiger partial charge in [-0.2, -0.15) is 0 Å². The molecule has 1 spiro atoms. The minimum absolute atomic E-state index is 0.0874. The molecule has 3 fully saturated rings. The Balaban J connectivity index is 1.70. The van der Waals surface area contributed by atoms with Crippen LogP contribution in [0.2, 0.25) is 0 Å². The van der Waals surface area contributed by atoms with Crippen molar-refractivity contribution in [1.29, 1.82) is 0 Å². The Labute approximate surface area is 229 Å². The van der Waals surface area contributed by atoms with Crippen LogP contribution in [0.5, 0.6) is 0 Å². The Morgan fingerprint density at radius 1 is 0.900 bits per heavy atom. The Kier molecular flexibility index (Phi) is 5.63. The van der Waals surface area contributed by atoms with Gasteiger partial charge in [0.15, 0.2) is 0 Å². The van der Waals surface area contributed by atoms with E-state index in [4.69, 9.17) is 14.2 Å². The highest BCUT2D eigenvalue weighted by Gasteiger charge is 2.88. The van der Waals surface area contributed by atoms with Crippen molar-refractivity contribution in [3.8, 4) is 0 Å². The van der Waals surface area contributed by atoms with Crippen molar-refractivity contribution in [2.45, 2.75) is 31.0 Å². The van der Waals surface area contributed by atoms with Gasteiger partial charge in [-0.05, 0) is 18.1 Å². The lowest BCUT2D eigenvalue weighted by Crippen LogP contribution is -2.70. The second kappa shape index (κ2) is 8.75. The molecule has 5 atom stereocenters. The Bertz CT molecular complexity index is 1490. The van der Waals surface area contributed by atoms with E-state index in [9.17, 15) is 24.0 Å². The molecule has 2 aromatic carbocycles. The summed E-state index contributed by atoms with van der Waals surface area (Å²) in [5.41, 5.74) is -0.595. The number of ether oxygens (including phenoxy) is 3. The quantitative estimate of drug-likeness (QED) is 0.311. The Morgan fingerprint density at radius 3 is 2.10 bits per heavy atom. The van der Waals surface area contributed by atoms with Gasteiger partial charge in [-0.25, -0.2) is 9.59 Å². The molecule has 6 rings (SSSR count). The first-order chi connectivity index (χ1) is 19.2. The number of benzene rings is 2. The number of carbonyl (C=O) groups excluding carboxylic acids is 5. The second-order valence-corrected chi connectivity index (χ2v) is 10.2. The van der Waals surface area contributed by atoms with Crippen molar-refractivity contribution >= 4 is 29.7 Å². The van der Waals surface area contributed by atoms with Crippen LogP contribution in [0.15, 0.2) is 71.9 Å². The van der Waals surface area contributed by atoms with Crippen LogP contribution in [0.3, 0.4) is 0 Å². The van der Waals surface area contributed by atoms with Crippen LogP contribution in [-0.4, -0.2) is 77.1 Å². The van der Waals surface area contributed by atoms with Gasteiger partial charge in [0.1, 0.15) is 11.8 Å². The maximum absolute atomic E-state index is 14.6. The lowest BCUT2D eigenvalue weighted by atomic mass is 9.73. The first-order valence-corrected chi connectivity index (χ1v) is 12.8. The zero-order valence-corrected chi connectivity index (χ0v) is 22.3. The predicted molar refractivity (Wildman–Crippen MR) is 136 cm³/mol. The van der Waals surface area contributed by atoms with Gasteiger partial charge in [0.2, 0.25) is 17.7 Å². The summed E-state index contributed by atoms with van der Waals surface area (Å²) in [6.07, 6.45) is 0. The maximum Gasteiger partial charge on any atom is 0.349 e. The van der Waals surface area contributed by atoms with Crippen LogP contribution in [0.25, 0.3) is 0 Å². The Morgan fingerprint density at radius 2 is 1.50 bits per heavy atom. The van der Waals surface area contributed by atoms with E-state index in [1.54, 1.807) is 42.2 Å². The average Bonchev–Trinajstić information content (AvgIpc) is 3.53. The molecule has 11 heteroatoms. The third kappa shape index (κ3) is 2.95. The lowest BCUT2D eigenvalue weighted by Gasteiger charge is -2.55. The first-order valence-electron chi connectivity index (χ1n) is 12.8. The van der Waals surface area contributed by atoms with E-state index in [0.29, 0.717) is 11.3 Å². The minimum Gasteiger partial charge on any atom is -0.466 e. The minimum atomic E-state index is -2.43. The standard InChI is InChI=1S/C29H27N3O8/c1-16-19(25(35)38-3)22(18-13-9-6-10-14-18)32-26(36)28(27(37)39-4)20-21(24(34)30(2)23(20)33)29(32,40-28)31(16)15-17-11-7-5-8-12-17/h5-14,20-22H,15H2,1-4H3/t20-,21+,22-,28+,29+/m1/s1. The van der Waals surface area contributed by atoms with Gasteiger partial charge in [-0.3, -0.25) is 24.2 Å². The van der Waals surface area contributed by atoms with E-state index >= 15 is 0 Å². The van der Waals surface area contributed by atoms with Gasteiger partial charge in [0, 0.05) is 19.3 Å². The summed E-state index contributed by atoms with van der Waals surface area (Å²) in [6.45, 7) is 1.77. The van der Waals surface area contributed by atoms with Crippen LogP contribution in [0, 0.1) is 11.8 Å². The number of carbonyl (C=O) groups is 5. The molecule has 11 nitrogen and oxygen atoms in total. The number of piperidine rings is 1. The maximum atomic E-state index is 14.6. The van der Waals surface area contributed by atoms with Gasteiger partial charge < -0.3 is 19.1 Å². The van der Waals surface area contributed by atoms with E-state index in [-0.39, 0.29) is 12.1 Å². The zero-order chi connectivity index (χ0) is 28.6. The van der Waals surface area contributed by atoms with Crippen molar-refractivity contribution in [3.63, 3.8) is 0 Å². The summed E-state index contributed by atoms with van der Waals surface area (Å²) >= 11 is 0. The molecule has 0 aromatic heterocycles. The smallest absolute Gasteiger partial charge is 0.349 e. The first kappa shape index (κ1) is 25.8. The number of amides is 3. The molecule has 0 aliphatic carbocycles. The van der Waals surface area contributed by atoms with E-state index in [1.165, 1.54) is 19.1 Å². The van der Waals surface area contributed by atoms with Gasteiger partial charge >= 0.3 is 11.9 Å². The molecule has 0 N–H and O–H groups in total. The Hall–Kier alpha value is -4.51. The highest BCUT2D eigenvalue weighted by Crippen LogP contribution is 2.65. The van der Waals surface area contributed by atoms with E-state index in [0.717, 1.165) is 17.6 Å². The number of likely N-dealkylation sites (tertiary alicyclic amines) is 1.